The molecule has 0 spiro atoms. The highest BCUT2D eigenvalue weighted by Crippen LogP contribution is 2.25. The first kappa shape index (κ1) is 18.1. The highest BCUT2D eigenvalue weighted by molar-refractivity contribution is 6.03. The monoisotopic (exact) mass is 396 g/mol. The fourth-order valence-electron chi connectivity index (χ4n) is 3.80. The highest BCUT2D eigenvalue weighted by atomic mass is 16.5. The zero-order valence-electron chi connectivity index (χ0n) is 16.1. The molecule has 1 amide bonds. The largest absolute Gasteiger partial charge is 0.423 e. The summed E-state index contributed by atoms with van der Waals surface area (Å²) in [5.41, 5.74) is 2.46. The van der Waals surface area contributed by atoms with E-state index in [1.165, 1.54) is 0 Å². The number of benzene rings is 1. The van der Waals surface area contributed by atoms with Crippen molar-refractivity contribution in [1.29, 1.82) is 0 Å². The van der Waals surface area contributed by atoms with Gasteiger partial charge in [0.15, 0.2) is 11.3 Å². The summed E-state index contributed by atoms with van der Waals surface area (Å²) in [5, 5.41) is 10.7. The van der Waals surface area contributed by atoms with Crippen molar-refractivity contribution in [2.75, 3.05) is 49.6 Å². The van der Waals surface area contributed by atoms with Crippen LogP contribution in [0.3, 0.4) is 0 Å². The van der Waals surface area contributed by atoms with Crippen LogP contribution >= 0.6 is 0 Å². The van der Waals surface area contributed by atoms with Crippen LogP contribution in [-0.2, 0) is 4.74 Å². The van der Waals surface area contributed by atoms with Gasteiger partial charge in [0, 0.05) is 37.6 Å². The normalized spacial score (nSPS) is 20.1. The minimum absolute atomic E-state index is 0.236. The minimum Gasteiger partial charge on any atom is -0.423 e. The van der Waals surface area contributed by atoms with Gasteiger partial charge in [0.2, 0.25) is 0 Å². The Morgan fingerprint density at radius 1 is 1.24 bits per heavy atom. The Morgan fingerprint density at radius 2 is 2.14 bits per heavy atom. The topological polar surface area (TPSA) is 97.5 Å². The third-order valence-electron chi connectivity index (χ3n) is 5.40. The maximum atomic E-state index is 12.6. The third kappa shape index (κ3) is 3.83. The van der Waals surface area contributed by atoms with Crippen molar-refractivity contribution < 1.29 is 13.9 Å². The fraction of sp³-hybridized carbons (Fsp3) is 0.450. The van der Waals surface area contributed by atoms with Gasteiger partial charge >= 0.3 is 0 Å². The molecule has 2 aliphatic heterocycles. The summed E-state index contributed by atoms with van der Waals surface area (Å²) < 4.78 is 13.2. The third-order valence-corrected chi connectivity index (χ3v) is 5.40. The average Bonchev–Trinajstić information content (AvgIpc) is 3.42. The molecular formula is C20H24N6O3. The van der Waals surface area contributed by atoms with Crippen LogP contribution in [0.15, 0.2) is 34.9 Å². The predicted molar refractivity (Wildman–Crippen MR) is 108 cm³/mol. The van der Waals surface area contributed by atoms with E-state index in [-0.39, 0.29) is 5.91 Å². The Morgan fingerprint density at radius 3 is 2.97 bits per heavy atom. The number of anilines is 2. The number of rotatable bonds is 4. The zero-order chi connectivity index (χ0) is 19.6. The van der Waals surface area contributed by atoms with E-state index in [0.717, 1.165) is 44.5 Å². The van der Waals surface area contributed by atoms with Gasteiger partial charge in [0.1, 0.15) is 5.52 Å². The number of carbonyl (C=O) groups excluding carboxylic acids is 1. The van der Waals surface area contributed by atoms with Gasteiger partial charge < -0.3 is 24.7 Å². The van der Waals surface area contributed by atoms with Gasteiger partial charge in [-0.2, -0.15) is 10.1 Å². The summed E-state index contributed by atoms with van der Waals surface area (Å²) in [4.78, 5) is 19.2. The van der Waals surface area contributed by atoms with Crippen LogP contribution in [0.1, 0.15) is 29.4 Å². The second-order valence-electron chi connectivity index (χ2n) is 7.41. The number of piperidine rings is 1. The van der Waals surface area contributed by atoms with E-state index in [4.69, 9.17) is 9.15 Å². The number of amides is 1. The summed E-state index contributed by atoms with van der Waals surface area (Å²) in [5.74, 6) is -0.236. The van der Waals surface area contributed by atoms with Crippen LogP contribution in [0.5, 0.6) is 0 Å². The van der Waals surface area contributed by atoms with Gasteiger partial charge in [-0.1, -0.05) is 0 Å². The van der Waals surface area contributed by atoms with Crippen LogP contribution in [0.2, 0.25) is 0 Å². The van der Waals surface area contributed by atoms with Crippen molar-refractivity contribution in [3.63, 3.8) is 0 Å². The van der Waals surface area contributed by atoms with Gasteiger partial charge in [-0.05, 0) is 37.6 Å². The lowest BCUT2D eigenvalue weighted by Crippen LogP contribution is -2.36. The highest BCUT2D eigenvalue weighted by Gasteiger charge is 2.19. The Hall–Kier alpha value is -2.91. The van der Waals surface area contributed by atoms with E-state index in [1.807, 2.05) is 23.0 Å². The molecule has 1 unspecified atom stereocenters. The summed E-state index contributed by atoms with van der Waals surface area (Å²) >= 11 is 0. The maximum absolute atomic E-state index is 12.6. The van der Waals surface area contributed by atoms with Crippen LogP contribution < -0.4 is 15.5 Å². The van der Waals surface area contributed by atoms with E-state index in [2.05, 4.69) is 25.6 Å². The number of hydrogen-bond acceptors (Lipinski definition) is 7. The first-order valence-electron chi connectivity index (χ1n) is 10.1. The lowest BCUT2D eigenvalue weighted by atomic mass is 10.1. The predicted octanol–water partition coefficient (Wildman–Crippen LogP) is 2.04. The number of carbonyl (C=O) groups is 1. The van der Waals surface area contributed by atoms with E-state index >= 15 is 0 Å². The maximum Gasteiger partial charge on any atom is 0.298 e. The molecule has 3 aromatic rings. The van der Waals surface area contributed by atoms with Crippen molar-refractivity contribution in [2.24, 2.45) is 0 Å². The van der Waals surface area contributed by atoms with E-state index in [0.29, 0.717) is 42.2 Å². The molecule has 2 N–H and O–H groups in total. The second kappa shape index (κ2) is 7.84. The van der Waals surface area contributed by atoms with E-state index < -0.39 is 0 Å². The Labute approximate surface area is 168 Å². The van der Waals surface area contributed by atoms with Crippen molar-refractivity contribution in [1.82, 2.24) is 20.1 Å². The fourth-order valence-corrected chi connectivity index (χ4v) is 3.80. The number of ether oxygens (including phenoxy) is 1. The van der Waals surface area contributed by atoms with Crippen molar-refractivity contribution in [3.8, 4) is 0 Å². The lowest BCUT2D eigenvalue weighted by Gasteiger charge is -2.24. The van der Waals surface area contributed by atoms with Crippen LogP contribution in [0.4, 0.5) is 11.7 Å². The SMILES string of the molecule is O=C(Nc1ccc2nc(N3CCOCC3)oc2c1)c1ccn(C2CCCNC2)n1. The molecule has 4 heterocycles. The standard InChI is InChI=1S/C20H24N6O3/c27-19(17-5-7-26(24-17)15-2-1-6-21-13-15)22-14-3-4-16-18(12-14)29-20(23-16)25-8-10-28-11-9-25/h3-5,7,12,15,21H,1-2,6,8-11,13H2,(H,22,27). The molecule has 0 bridgehead atoms. The smallest absolute Gasteiger partial charge is 0.298 e. The van der Waals surface area contributed by atoms with Gasteiger partial charge in [0.25, 0.3) is 11.9 Å². The molecule has 2 aliphatic rings. The number of oxazole rings is 1. The molecule has 9 nitrogen and oxygen atoms in total. The number of nitrogens with zero attached hydrogens (tertiary/aromatic N) is 4. The number of fused-ring (bicyclic) bond motifs is 1. The Kier molecular flexibility index (Phi) is 4.91. The van der Waals surface area contributed by atoms with Crippen LogP contribution in [-0.4, -0.2) is 60.1 Å². The molecule has 1 atom stereocenters. The Balaban J connectivity index is 1.29. The van der Waals surface area contributed by atoms with Crippen molar-refractivity contribution >= 4 is 28.7 Å². The molecule has 152 valence electrons. The zero-order valence-corrected chi connectivity index (χ0v) is 16.1. The average molecular weight is 396 g/mol. The van der Waals surface area contributed by atoms with Crippen LogP contribution in [0.25, 0.3) is 11.1 Å². The first-order chi connectivity index (χ1) is 14.3. The van der Waals surface area contributed by atoms with Crippen molar-refractivity contribution in [2.45, 2.75) is 18.9 Å². The number of hydrogen-bond donors (Lipinski definition) is 2. The van der Waals surface area contributed by atoms with Gasteiger partial charge in [-0.15, -0.1) is 0 Å². The molecule has 2 saturated heterocycles. The molecule has 5 rings (SSSR count). The molecule has 2 aromatic heterocycles. The second-order valence-corrected chi connectivity index (χ2v) is 7.41. The van der Waals surface area contributed by atoms with E-state index in [1.54, 1.807) is 12.1 Å². The van der Waals surface area contributed by atoms with Gasteiger partial charge in [0.05, 0.1) is 19.3 Å². The summed E-state index contributed by atoms with van der Waals surface area (Å²) in [7, 11) is 0. The summed E-state index contributed by atoms with van der Waals surface area (Å²) in [6.07, 6.45) is 4.07. The van der Waals surface area contributed by atoms with Gasteiger partial charge in [-0.3, -0.25) is 9.48 Å². The molecule has 1 aromatic carbocycles. The summed E-state index contributed by atoms with van der Waals surface area (Å²) in [6.45, 7) is 4.79. The Bertz CT molecular complexity index is 1000. The lowest BCUT2D eigenvalue weighted by molar-refractivity contribution is 0.102. The number of nitrogens with one attached hydrogen (secondary N) is 2. The molecular weight excluding hydrogens is 372 g/mol. The molecule has 0 radical (unpaired) electrons. The molecule has 0 saturated carbocycles. The molecule has 9 heteroatoms. The molecule has 29 heavy (non-hydrogen) atoms. The minimum atomic E-state index is -0.236. The van der Waals surface area contributed by atoms with Crippen molar-refractivity contribution in [3.05, 3.63) is 36.2 Å². The van der Waals surface area contributed by atoms with Crippen LogP contribution in [0, 0.1) is 0 Å². The molecule has 0 aliphatic carbocycles. The summed E-state index contributed by atoms with van der Waals surface area (Å²) in [6, 6.07) is 8.12. The quantitative estimate of drug-likeness (QED) is 0.696. The van der Waals surface area contributed by atoms with E-state index in [9.17, 15) is 4.79 Å². The first-order valence-corrected chi connectivity index (χ1v) is 10.1. The van der Waals surface area contributed by atoms with Gasteiger partial charge in [-0.25, -0.2) is 0 Å². The number of morpholine rings is 1. The molecule has 2 fully saturated rings. The number of aromatic nitrogens is 3.